The summed E-state index contributed by atoms with van der Waals surface area (Å²) in [6.45, 7) is 0. The Morgan fingerprint density at radius 1 is 0.967 bits per heavy atom. The Labute approximate surface area is 171 Å². The average Bonchev–Trinajstić information content (AvgIpc) is 3.12. The second kappa shape index (κ2) is 6.70. The molecule has 0 amide bonds. The van der Waals surface area contributed by atoms with Crippen LogP contribution in [0.4, 0.5) is 4.39 Å². The van der Waals surface area contributed by atoms with E-state index in [9.17, 15) is 8.42 Å². The molecule has 8 heteroatoms. The molecule has 0 saturated heterocycles. The number of aromatic nitrogens is 4. The molecule has 0 aliphatic rings. The normalized spacial score (nSPS) is 11.9. The van der Waals surface area contributed by atoms with Crippen molar-refractivity contribution < 1.29 is 12.8 Å². The predicted molar refractivity (Wildman–Crippen MR) is 113 cm³/mol. The van der Waals surface area contributed by atoms with Crippen molar-refractivity contribution in [2.45, 2.75) is 4.90 Å². The van der Waals surface area contributed by atoms with Gasteiger partial charge in [0.15, 0.2) is 9.84 Å². The number of benzene rings is 1. The zero-order chi connectivity index (χ0) is 20.9. The van der Waals surface area contributed by atoms with E-state index in [-0.39, 0.29) is 4.90 Å². The lowest BCUT2D eigenvalue weighted by Gasteiger charge is -2.08. The van der Waals surface area contributed by atoms with Gasteiger partial charge in [0, 0.05) is 40.5 Å². The molecule has 0 bridgehead atoms. The first-order valence-corrected chi connectivity index (χ1v) is 11.0. The van der Waals surface area contributed by atoms with E-state index < -0.39 is 15.7 Å². The summed E-state index contributed by atoms with van der Waals surface area (Å²) in [6, 6.07) is 11.8. The lowest BCUT2D eigenvalue weighted by atomic mass is 10.0. The van der Waals surface area contributed by atoms with Crippen LogP contribution in [0.5, 0.6) is 0 Å². The van der Waals surface area contributed by atoms with E-state index >= 15 is 4.39 Å². The number of H-pyrrole nitrogens is 1. The summed E-state index contributed by atoms with van der Waals surface area (Å²) in [5.74, 6) is -0.534. The van der Waals surface area contributed by atoms with Crippen LogP contribution in [-0.4, -0.2) is 34.6 Å². The van der Waals surface area contributed by atoms with Crippen molar-refractivity contribution in [3.8, 4) is 22.4 Å². The van der Waals surface area contributed by atoms with Crippen LogP contribution in [0.3, 0.4) is 0 Å². The van der Waals surface area contributed by atoms with E-state index in [0.29, 0.717) is 33.4 Å². The van der Waals surface area contributed by atoms with Crippen molar-refractivity contribution in [2.24, 2.45) is 0 Å². The van der Waals surface area contributed by atoms with Crippen molar-refractivity contribution in [1.82, 2.24) is 19.9 Å². The largest absolute Gasteiger partial charge is 0.338 e. The van der Waals surface area contributed by atoms with E-state index in [2.05, 4.69) is 19.9 Å². The van der Waals surface area contributed by atoms with Gasteiger partial charge in [-0.15, -0.1) is 0 Å². The molecule has 0 unspecified atom stereocenters. The molecule has 148 valence electrons. The van der Waals surface area contributed by atoms with Gasteiger partial charge in [0.25, 0.3) is 0 Å². The van der Waals surface area contributed by atoms with Gasteiger partial charge in [0.1, 0.15) is 11.5 Å². The monoisotopic (exact) mass is 418 g/mol. The third kappa shape index (κ3) is 3.02. The third-order valence-electron chi connectivity index (χ3n) is 4.97. The highest BCUT2D eigenvalue weighted by Gasteiger charge is 2.18. The Balaban J connectivity index is 1.83. The topological polar surface area (TPSA) is 88.6 Å². The van der Waals surface area contributed by atoms with Crippen LogP contribution in [0, 0.1) is 5.82 Å². The molecule has 6 nitrogen and oxygen atoms in total. The number of hydrogen-bond acceptors (Lipinski definition) is 5. The zero-order valence-corrected chi connectivity index (χ0v) is 16.6. The van der Waals surface area contributed by atoms with Crippen LogP contribution in [0.2, 0.25) is 0 Å². The molecule has 1 N–H and O–H groups in total. The lowest BCUT2D eigenvalue weighted by Crippen LogP contribution is -1.97. The Kier molecular flexibility index (Phi) is 4.11. The summed E-state index contributed by atoms with van der Waals surface area (Å²) in [5.41, 5.74) is 3.48. The Morgan fingerprint density at radius 3 is 2.57 bits per heavy atom. The number of hydrogen-bond donors (Lipinski definition) is 1. The molecule has 5 aromatic rings. The number of aromatic amines is 1. The average molecular weight is 418 g/mol. The molecule has 4 heterocycles. The van der Waals surface area contributed by atoms with Crippen molar-refractivity contribution in [3.05, 3.63) is 73.1 Å². The molecule has 4 aromatic heterocycles. The van der Waals surface area contributed by atoms with E-state index in [1.54, 1.807) is 30.7 Å². The smallest absolute Gasteiger partial charge is 0.175 e. The van der Waals surface area contributed by atoms with Gasteiger partial charge < -0.3 is 4.98 Å². The van der Waals surface area contributed by atoms with E-state index in [0.717, 1.165) is 23.4 Å². The first-order chi connectivity index (χ1) is 14.4. The highest BCUT2D eigenvalue weighted by molar-refractivity contribution is 7.90. The number of nitrogens with one attached hydrogen (secondary N) is 1. The SMILES string of the molecule is CS(=O)(=O)c1cccc(-c2c(F)cnc3[nH]c4cnc(-c5cccnc5)cc4c23)c1. The summed E-state index contributed by atoms with van der Waals surface area (Å²) < 4.78 is 39.0. The second-order valence-corrected chi connectivity index (χ2v) is 9.00. The number of pyridine rings is 3. The predicted octanol–water partition coefficient (Wildman–Crippen LogP) is 4.38. The molecule has 1 aromatic carbocycles. The summed E-state index contributed by atoms with van der Waals surface area (Å²) in [6.07, 6.45) is 7.32. The number of rotatable bonds is 3. The van der Waals surface area contributed by atoms with Crippen molar-refractivity contribution in [3.63, 3.8) is 0 Å². The highest BCUT2D eigenvalue weighted by atomic mass is 32.2. The molecule has 5 rings (SSSR count). The van der Waals surface area contributed by atoms with Gasteiger partial charge in [-0.25, -0.2) is 17.8 Å². The molecule has 0 radical (unpaired) electrons. The minimum absolute atomic E-state index is 0.127. The first kappa shape index (κ1) is 18.4. The van der Waals surface area contributed by atoms with Crippen LogP contribution in [0.1, 0.15) is 0 Å². The molecule has 30 heavy (non-hydrogen) atoms. The molecule has 0 saturated carbocycles. The van der Waals surface area contributed by atoms with Gasteiger partial charge in [0.2, 0.25) is 0 Å². The van der Waals surface area contributed by atoms with Crippen LogP contribution in [-0.2, 0) is 9.84 Å². The van der Waals surface area contributed by atoms with E-state index in [1.165, 1.54) is 12.1 Å². The molecule has 0 fully saturated rings. The molecular weight excluding hydrogens is 403 g/mol. The Morgan fingerprint density at radius 2 is 1.80 bits per heavy atom. The fraction of sp³-hybridized carbons (Fsp3) is 0.0455. The van der Waals surface area contributed by atoms with Gasteiger partial charge >= 0.3 is 0 Å². The van der Waals surface area contributed by atoms with Gasteiger partial charge in [-0.05, 0) is 35.9 Å². The minimum atomic E-state index is -3.43. The number of fused-ring (bicyclic) bond motifs is 3. The standard InChI is InChI=1S/C22H15FN4O2S/c1-30(28,29)15-6-2-4-13(8-15)20-17(23)11-26-22-21(20)16-9-18(25-12-19(16)27-22)14-5-3-7-24-10-14/h2-12H,1H3,(H,26,27). The maximum atomic E-state index is 15.0. The minimum Gasteiger partial charge on any atom is -0.338 e. The Hall–Kier alpha value is -3.65. The molecular formula is C22H15FN4O2S. The summed E-state index contributed by atoms with van der Waals surface area (Å²) in [4.78, 5) is 16.1. The number of nitrogens with zero attached hydrogens (tertiary/aromatic N) is 3. The van der Waals surface area contributed by atoms with Crippen molar-refractivity contribution in [2.75, 3.05) is 6.26 Å². The van der Waals surface area contributed by atoms with E-state index in [4.69, 9.17) is 0 Å². The Bertz CT molecular complexity index is 1530. The second-order valence-electron chi connectivity index (χ2n) is 6.99. The fourth-order valence-electron chi connectivity index (χ4n) is 3.57. The fourth-order valence-corrected chi connectivity index (χ4v) is 4.24. The first-order valence-electron chi connectivity index (χ1n) is 9.08. The molecule has 0 aliphatic carbocycles. The van der Waals surface area contributed by atoms with E-state index in [1.807, 2.05) is 18.2 Å². The number of halogens is 1. The lowest BCUT2D eigenvalue weighted by molar-refractivity contribution is 0.601. The van der Waals surface area contributed by atoms with Gasteiger partial charge in [0.05, 0.1) is 28.5 Å². The van der Waals surface area contributed by atoms with Crippen LogP contribution in [0.15, 0.2) is 72.1 Å². The van der Waals surface area contributed by atoms with Crippen molar-refractivity contribution in [1.29, 1.82) is 0 Å². The molecule has 0 aliphatic heterocycles. The van der Waals surface area contributed by atoms with Crippen molar-refractivity contribution >= 4 is 31.8 Å². The van der Waals surface area contributed by atoms with Gasteiger partial charge in [-0.3, -0.25) is 9.97 Å². The molecule has 0 atom stereocenters. The maximum absolute atomic E-state index is 15.0. The number of sulfone groups is 1. The summed E-state index contributed by atoms with van der Waals surface area (Å²) in [7, 11) is -3.43. The third-order valence-corrected chi connectivity index (χ3v) is 6.08. The summed E-state index contributed by atoms with van der Waals surface area (Å²) >= 11 is 0. The highest BCUT2D eigenvalue weighted by Crippen LogP contribution is 2.37. The van der Waals surface area contributed by atoms with Crippen LogP contribution in [0.25, 0.3) is 44.3 Å². The van der Waals surface area contributed by atoms with Crippen LogP contribution >= 0.6 is 0 Å². The quantitative estimate of drug-likeness (QED) is 0.470. The van der Waals surface area contributed by atoms with Crippen LogP contribution < -0.4 is 0 Å². The summed E-state index contributed by atoms with van der Waals surface area (Å²) in [5, 5.41) is 1.31. The maximum Gasteiger partial charge on any atom is 0.175 e. The molecule has 0 spiro atoms. The van der Waals surface area contributed by atoms with Gasteiger partial charge in [-0.2, -0.15) is 0 Å². The van der Waals surface area contributed by atoms with Gasteiger partial charge in [-0.1, -0.05) is 12.1 Å². The zero-order valence-electron chi connectivity index (χ0n) is 15.8.